The molecule has 1 amide bonds. The van der Waals surface area contributed by atoms with E-state index >= 15 is 0 Å². The van der Waals surface area contributed by atoms with Gasteiger partial charge in [0, 0.05) is 26.2 Å². The number of hydrogen-bond acceptors (Lipinski definition) is 4. The van der Waals surface area contributed by atoms with Gasteiger partial charge in [-0.05, 0) is 24.6 Å². The maximum atomic E-state index is 12.8. The van der Waals surface area contributed by atoms with Crippen LogP contribution in [0.5, 0.6) is 0 Å². The van der Waals surface area contributed by atoms with Gasteiger partial charge in [0.2, 0.25) is 15.9 Å². The van der Waals surface area contributed by atoms with Gasteiger partial charge in [-0.2, -0.15) is 4.31 Å². The molecule has 0 radical (unpaired) electrons. The van der Waals surface area contributed by atoms with E-state index in [1.165, 1.54) is 0 Å². The van der Waals surface area contributed by atoms with Crippen molar-refractivity contribution in [3.63, 3.8) is 0 Å². The summed E-state index contributed by atoms with van der Waals surface area (Å²) in [6.07, 6.45) is 0.547. The molecule has 1 unspecified atom stereocenters. The summed E-state index contributed by atoms with van der Waals surface area (Å²) in [5, 5.41) is 0. The summed E-state index contributed by atoms with van der Waals surface area (Å²) in [7, 11) is -3.46. The highest BCUT2D eigenvalue weighted by atomic mass is 32.2. The summed E-state index contributed by atoms with van der Waals surface area (Å²) in [6, 6.07) is 17.2. The molecular weight excluding hydrogens is 374 g/mol. The molecule has 0 aliphatic carbocycles. The first kappa shape index (κ1) is 19.1. The van der Waals surface area contributed by atoms with Crippen LogP contribution in [0, 0.1) is 6.92 Å². The van der Waals surface area contributed by atoms with Crippen LogP contribution in [0.4, 0.5) is 0 Å². The second kappa shape index (κ2) is 7.66. The highest BCUT2D eigenvalue weighted by Crippen LogP contribution is 2.34. The molecule has 0 aromatic heterocycles. The van der Waals surface area contributed by atoms with Gasteiger partial charge < -0.3 is 4.90 Å². The van der Waals surface area contributed by atoms with Gasteiger partial charge in [0.05, 0.1) is 24.0 Å². The largest absolute Gasteiger partial charge is 0.322 e. The SMILES string of the molecule is Cc1ccc(S(=O)(=O)N2CCN(CN3C(=O)CC3c3ccccc3)CC2)cc1. The van der Waals surface area contributed by atoms with Gasteiger partial charge in [0.1, 0.15) is 0 Å². The lowest BCUT2D eigenvalue weighted by molar-refractivity contribution is -0.150. The number of likely N-dealkylation sites (tertiary alicyclic amines) is 1. The van der Waals surface area contributed by atoms with Crippen molar-refractivity contribution in [3.05, 3.63) is 65.7 Å². The Bertz CT molecular complexity index is 937. The first-order valence-corrected chi connectivity index (χ1v) is 11.0. The van der Waals surface area contributed by atoms with Gasteiger partial charge in [-0.15, -0.1) is 0 Å². The quantitative estimate of drug-likeness (QED) is 0.724. The number of β-lactam (4-membered cyclic amide) rings is 1. The second-order valence-electron chi connectivity index (χ2n) is 7.47. The van der Waals surface area contributed by atoms with Gasteiger partial charge in [-0.25, -0.2) is 8.42 Å². The molecule has 0 saturated carbocycles. The van der Waals surface area contributed by atoms with Crippen LogP contribution in [0.3, 0.4) is 0 Å². The van der Waals surface area contributed by atoms with E-state index < -0.39 is 10.0 Å². The van der Waals surface area contributed by atoms with Crippen LogP contribution in [-0.4, -0.2) is 61.3 Å². The van der Waals surface area contributed by atoms with Crippen LogP contribution in [0.2, 0.25) is 0 Å². The maximum Gasteiger partial charge on any atom is 0.243 e. The summed E-state index contributed by atoms with van der Waals surface area (Å²) in [4.78, 5) is 16.5. The Balaban J connectivity index is 1.36. The van der Waals surface area contributed by atoms with Crippen LogP contribution in [-0.2, 0) is 14.8 Å². The number of nitrogens with zero attached hydrogens (tertiary/aromatic N) is 3. The zero-order valence-corrected chi connectivity index (χ0v) is 16.8. The minimum atomic E-state index is -3.46. The minimum absolute atomic E-state index is 0.128. The molecule has 7 heteroatoms. The Kier molecular flexibility index (Phi) is 5.23. The lowest BCUT2D eigenvalue weighted by Crippen LogP contribution is -2.56. The summed E-state index contributed by atoms with van der Waals surface area (Å²) in [5.74, 6) is 0.156. The predicted octanol–water partition coefficient (Wildman–Crippen LogP) is 2.23. The number of hydrogen-bond donors (Lipinski definition) is 0. The Morgan fingerprint density at radius 1 is 0.929 bits per heavy atom. The van der Waals surface area contributed by atoms with Crippen molar-refractivity contribution >= 4 is 15.9 Å². The van der Waals surface area contributed by atoms with E-state index in [1.807, 2.05) is 42.2 Å². The normalized spacial score (nSPS) is 21.5. The number of sulfonamides is 1. The van der Waals surface area contributed by atoms with Gasteiger partial charge in [0.15, 0.2) is 0 Å². The molecule has 148 valence electrons. The minimum Gasteiger partial charge on any atom is -0.322 e. The highest BCUT2D eigenvalue weighted by molar-refractivity contribution is 7.89. The van der Waals surface area contributed by atoms with Crippen LogP contribution >= 0.6 is 0 Å². The van der Waals surface area contributed by atoms with Crippen molar-refractivity contribution in [2.45, 2.75) is 24.3 Å². The third-order valence-electron chi connectivity index (χ3n) is 5.59. The molecular formula is C21H25N3O3S. The molecule has 2 fully saturated rings. The third-order valence-corrected chi connectivity index (χ3v) is 7.50. The van der Waals surface area contributed by atoms with Crippen LogP contribution in [0.25, 0.3) is 0 Å². The zero-order chi connectivity index (χ0) is 19.7. The molecule has 4 rings (SSSR count). The lowest BCUT2D eigenvalue weighted by atomic mass is 9.94. The van der Waals surface area contributed by atoms with Gasteiger partial charge in [0.25, 0.3) is 0 Å². The van der Waals surface area contributed by atoms with E-state index in [9.17, 15) is 13.2 Å². The van der Waals surface area contributed by atoms with Crippen molar-refractivity contribution in [1.29, 1.82) is 0 Å². The molecule has 2 aromatic rings. The van der Waals surface area contributed by atoms with Crippen LogP contribution in [0.15, 0.2) is 59.5 Å². The first-order chi connectivity index (χ1) is 13.4. The monoisotopic (exact) mass is 399 g/mol. The van der Waals surface area contributed by atoms with E-state index in [4.69, 9.17) is 0 Å². The molecule has 1 atom stereocenters. The molecule has 0 N–H and O–H groups in total. The van der Waals surface area contributed by atoms with Gasteiger partial charge >= 0.3 is 0 Å². The summed E-state index contributed by atoms with van der Waals surface area (Å²) in [5.41, 5.74) is 2.19. The number of amides is 1. The molecule has 0 spiro atoms. The average Bonchev–Trinajstić information content (AvgIpc) is 2.71. The molecule has 28 heavy (non-hydrogen) atoms. The van der Waals surface area contributed by atoms with Crippen molar-refractivity contribution in [1.82, 2.24) is 14.1 Å². The van der Waals surface area contributed by atoms with Gasteiger partial charge in [-0.1, -0.05) is 48.0 Å². The molecule has 6 nitrogen and oxygen atoms in total. The van der Waals surface area contributed by atoms with Crippen molar-refractivity contribution < 1.29 is 13.2 Å². The zero-order valence-electron chi connectivity index (χ0n) is 16.0. The average molecular weight is 400 g/mol. The standard InChI is InChI=1S/C21H25N3O3S/c1-17-7-9-19(10-8-17)28(26,27)23-13-11-22(12-14-23)16-24-20(15-21(24)25)18-5-3-2-4-6-18/h2-10,20H,11-16H2,1H3. The van der Waals surface area contributed by atoms with E-state index in [-0.39, 0.29) is 11.9 Å². The maximum absolute atomic E-state index is 12.8. The molecule has 2 aliphatic heterocycles. The third kappa shape index (κ3) is 3.70. The summed E-state index contributed by atoms with van der Waals surface area (Å²) < 4.78 is 27.2. The molecule has 0 bridgehead atoms. The topological polar surface area (TPSA) is 60.9 Å². The molecule has 2 saturated heterocycles. The van der Waals surface area contributed by atoms with Crippen molar-refractivity contribution in [2.75, 3.05) is 32.8 Å². The Labute approximate surface area is 166 Å². The van der Waals surface area contributed by atoms with E-state index in [2.05, 4.69) is 17.0 Å². The van der Waals surface area contributed by atoms with Crippen molar-refractivity contribution in [3.8, 4) is 0 Å². The Morgan fingerprint density at radius 2 is 1.57 bits per heavy atom. The smallest absolute Gasteiger partial charge is 0.243 e. The fourth-order valence-electron chi connectivity index (χ4n) is 3.79. The number of aryl methyl sites for hydroxylation is 1. The lowest BCUT2D eigenvalue weighted by Gasteiger charge is -2.45. The molecule has 2 heterocycles. The van der Waals surface area contributed by atoms with E-state index in [0.717, 1.165) is 11.1 Å². The van der Waals surface area contributed by atoms with E-state index in [0.29, 0.717) is 44.2 Å². The number of benzene rings is 2. The fraction of sp³-hybridized carbons (Fsp3) is 0.381. The Hall–Kier alpha value is -2.22. The van der Waals surface area contributed by atoms with E-state index in [1.54, 1.807) is 16.4 Å². The number of carbonyl (C=O) groups is 1. The number of piperazine rings is 1. The fourth-order valence-corrected chi connectivity index (χ4v) is 5.21. The van der Waals surface area contributed by atoms with Crippen LogP contribution < -0.4 is 0 Å². The molecule has 2 aliphatic rings. The second-order valence-corrected chi connectivity index (χ2v) is 9.41. The molecule has 2 aromatic carbocycles. The summed E-state index contributed by atoms with van der Waals surface area (Å²) in [6.45, 7) is 4.61. The van der Waals surface area contributed by atoms with Crippen LogP contribution in [0.1, 0.15) is 23.6 Å². The van der Waals surface area contributed by atoms with Gasteiger partial charge in [-0.3, -0.25) is 9.69 Å². The number of carbonyl (C=O) groups excluding carboxylic acids is 1. The predicted molar refractivity (Wildman–Crippen MR) is 107 cm³/mol. The first-order valence-electron chi connectivity index (χ1n) is 9.59. The number of rotatable bonds is 5. The highest BCUT2D eigenvalue weighted by Gasteiger charge is 2.38. The summed E-state index contributed by atoms with van der Waals surface area (Å²) >= 11 is 0. The Morgan fingerprint density at radius 3 is 2.18 bits per heavy atom. The van der Waals surface area contributed by atoms with Crippen molar-refractivity contribution in [2.24, 2.45) is 0 Å².